The van der Waals surface area contributed by atoms with E-state index >= 15 is 0 Å². The third kappa shape index (κ3) is 3.04. The molecule has 5 N–H and O–H groups in total. The number of carbonyl (C=O) groups excluding carboxylic acids is 2. The fourth-order valence-corrected chi connectivity index (χ4v) is 10.2. The van der Waals surface area contributed by atoms with Crippen LogP contribution in [-0.4, -0.2) is 23.0 Å². The number of aliphatic hydroxyl groups excluding tert-OH is 1. The quantitative estimate of drug-likeness (QED) is 0.553. The Morgan fingerprint density at radius 3 is 2.29 bits per heavy atom. The van der Waals surface area contributed by atoms with Gasteiger partial charge in [-0.1, -0.05) is 47.1 Å². The number of fused-ring (bicyclic) bond motifs is 7. The van der Waals surface area contributed by atoms with Crippen molar-refractivity contribution in [3.63, 3.8) is 0 Å². The number of aliphatic carboxylic acids is 1. The summed E-state index contributed by atoms with van der Waals surface area (Å²) < 4.78 is 0. The number of hydrogen-bond donors (Lipinski definition) is 2. The molecule has 9 unspecified atom stereocenters. The van der Waals surface area contributed by atoms with Crippen LogP contribution in [0.2, 0.25) is 0 Å². The second-order valence-electron chi connectivity index (χ2n) is 14.2. The Morgan fingerprint density at radius 1 is 0.971 bits per heavy atom. The molecule has 9 atom stereocenters. The molecule has 0 aromatic rings. The predicted molar refractivity (Wildman–Crippen MR) is 132 cm³/mol. The molecule has 0 amide bonds. The summed E-state index contributed by atoms with van der Waals surface area (Å²) in [5.74, 6) is -0.601. The topological polar surface area (TPSA) is 114 Å². The minimum absolute atomic E-state index is 0. The first kappa shape index (κ1) is 25.9. The normalized spacial score (nSPS) is 51.6. The average molecular weight is 474 g/mol. The molecule has 192 valence electrons. The van der Waals surface area contributed by atoms with E-state index in [9.17, 15) is 19.8 Å². The molecule has 4 saturated carbocycles. The van der Waals surface area contributed by atoms with E-state index < -0.39 is 11.9 Å². The summed E-state index contributed by atoms with van der Waals surface area (Å²) in [6.07, 6.45) is 9.82. The maximum atomic E-state index is 14.1. The van der Waals surface area contributed by atoms with Crippen LogP contribution in [0, 0.1) is 50.7 Å². The first-order valence-corrected chi connectivity index (χ1v) is 13.4. The Hall–Kier alpha value is -1.20. The zero-order valence-electron chi connectivity index (χ0n) is 22.5. The number of carboxylic acids is 1. The number of allylic oxidation sites excluding steroid dienone is 2. The van der Waals surface area contributed by atoms with Gasteiger partial charge in [0.1, 0.15) is 0 Å². The van der Waals surface area contributed by atoms with Crippen LogP contribution in [0.1, 0.15) is 99.3 Å². The highest BCUT2D eigenvalue weighted by Crippen LogP contribution is 2.74. The molecule has 0 spiro atoms. The summed E-state index contributed by atoms with van der Waals surface area (Å²) >= 11 is 0. The van der Waals surface area contributed by atoms with E-state index in [1.807, 2.05) is 6.08 Å². The van der Waals surface area contributed by atoms with Crippen molar-refractivity contribution in [2.75, 3.05) is 0 Å². The highest BCUT2D eigenvalue weighted by atomic mass is 16.4. The smallest absolute Gasteiger partial charge is 0.159 e. The van der Waals surface area contributed by atoms with Crippen LogP contribution >= 0.6 is 0 Å². The van der Waals surface area contributed by atoms with Crippen LogP contribution in [0.4, 0.5) is 0 Å². The van der Waals surface area contributed by atoms with Gasteiger partial charge in [0, 0.05) is 11.9 Å². The van der Waals surface area contributed by atoms with Gasteiger partial charge >= 0.3 is 0 Å². The fraction of sp³-hybridized carbons (Fsp3) is 0.862. The van der Waals surface area contributed by atoms with Crippen molar-refractivity contribution in [3.8, 4) is 0 Å². The van der Waals surface area contributed by atoms with Crippen LogP contribution in [-0.2, 0) is 9.59 Å². The molecule has 0 aliphatic heterocycles. The second kappa shape index (κ2) is 7.65. The molecule has 5 aliphatic rings. The van der Waals surface area contributed by atoms with Gasteiger partial charge in [-0.2, -0.15) is 0 Å². The van der Waals surface area contributed by atoms with E-state index in [4.69, 9.17) is 0 Å². The van der Waals surface area contributed by atoms with E-state index in [-0.39, 0.29) is 56.9 Å². The SMILES string of the molecule is CC12CCC(C(=O)[O-])CC1C1=CC(=O)C3C4(C)CCC(O)C(C)(C)C4CCC3(C)C1(C)CC2.[NH4+]. The first-order chi connectivity index (χ1) is 15.2. The van der Waals surface area contributed by atoms with Crippen molar-refractivity contribution >= 4 is 11.8 Å². The Kier molecular flexibility index (Phi) is 5.82. The van der Waals surface area contributed by atoms with Gasteiger partial charge in [-0.05, 0) is 109 Å². The molecule has 5 nitrogen and oxygen atoms in total. The van der Waals surface area contributed by atoms with Gasteiger partial charge in [-0.15, -0.1) is 0 Å². The molecule has 5 rings (SSSR count). The zero-order chi connectivity index (χ0) is 24.2. The molecule has 0 aromatic heterocycles. The maximum absolute atomic E-state index is 14.1. The summed E-state index contributed by atoms with van der Waals surface area (Å²) in [5.41, 5.74) is 0.821. The fourth-order valence-electron chi connectivity index (χ4n) is 10.2. The standard InChI is InChI=1S/C29H44O4.H3N/c1-25(2)21-8-12-29(6)23(27(21,4)11-9-22(25)31)20(30)16-19-18-15-17(24(32)33)7-10-26(18,3)13-14-28(19,29)5;/h16-18,21-23,31H,7-15H2,1-6H3,(H,32,33);1H3. The maximum Gasteiger partial charge on any atom is 0.159 e. The summed E-state index contributed by atoms with van der Waals surface area (Å²) in [6, 6.07) is 0. The molecule has 5 aliphatic carbocycles. The largest absolute Gasteiger partial charge is 0.550 e. The van der Waals surface area contributed by atoms with Crippen molar-refractivity contribution in [3.05, 3.63) is 11.6 Å². The van der Waals surface area contributed by atoms with Crippen LogP contribution in [0.25, 0.3) is 0 Å². The average Bonchev–Trinajstić information content (AvgIpc) is 2.72. The number of ketones is 1. The van der Waals surface area contributed by atoms with Crippen LogP contribution < -0.4 is 11.3 Å². The molecule has 5 heteroatoms. The van der Waals surface area contributed by atoms with E-state index in [2.05, 4.69) is 41.5 Å². The lowest BCUT2D eigenvalue weighted by Crippen LogP contribution is -2.66. The van der Waals surface area contributed by atoms with Gasteiger partial charge in [0.2, 0.25) is 0 Å². The summed E-state index contributed by atoms with van der Waals surface area (Å²) in [7, 11) is 0. The number of hydrogen-bond acceptors (Lipinski definition) is 4. The molecule has 0 heterocycles. The third-order valence-electron chi connectivity index (χ3n) is 12.6. The highest BCUT2D eigenvalue weighted by molar-refractivity contribution is 5.95. The Morgan fingerprint density at radius 2 is 1.65 bits per heavy atom. The minimum atomic E-state index is -0.924. The number of carboxylic acid groups (broad SMARTS) is 1. The molecule has 34 heavy (non-hydrogen) atoms. The van der Waals surface area contributed by atoms with E-state index in [1.54, 1.807) is 0 Å². The molecule has 0 radical (unpaired) electrons. The second-order valence-corrected chi connectivity index (χ2v) is 14.2. The lowest BCUT2D eigenvalue weighted by Gasteiger charge is -2.70. The molecular formula is C29H47NO4. The predicted octanol–water partition coefficient (Wildman–Crippen LogP) is 5.06. The summed E-state index contributed by atoms with van der Waals surface area (Å²) in [6.45, 7) is 13.8. The Bertz CT molecular complexity index is 925. The van der Waals surface area contributed by atoms with Gasteiger partial charge in [-0.3, -0.25) is 4.79 Å². The van der Waals surface area contributed by atoms with E-state index in [0.29, 0.717) is 18.8 Å². The molecular weight excluding hydrogens is 426 g/mol. The molecule has 4 fully saturated rings. The molecule has 0 bridgehead atoms. The van der Waals surface area contributed by atoms with Gasteiger partial charge < -0.3 is 21.2 Å². The van der Waals surface area contributed by atoms with Crippen molar-refractivity contribution < 1.29 is 19.8 Å². The minimum Gasteiger partial charge on any atom is -0.550 e. The van der Waals surface area contributed by atoms with Gasteiger partial charge in [0.05, 0.1) is 6.10 Å². The number of rotatable bonds is 1. The van der Waals surface area contributed by atoms with Gasteiger partial charge in [0.15, 0.2) is 5.78 Å². The van der Waals surface area contributed by atoms with E-state index in [0.717, 1.165) is 44.9 Å². The number of aliphatic hydroxyl groups is 1. The van der Waals surface area contributed by atoms with Gasteiger partial charge in [-0.25, -0.2) is 0 Å². The number of carbonyl (C=O) groups is 2. The zero-order valence-corrected chi connectivity index (χ0v) is 22.5. The van der Waals surface area contributed by atoms with Crippen molar-refractivity contribution in [1.82, 2.24) is 6.15 Å². The first-order valence-electron chi connectivity index (χ1n) is 13.4. The highest BCUT2D eigenvalue weighted by Gasteiger charge is 2.69. The van der Waals surface area contributed by atoms with Crippen LogP contribution in [0.5, 0.6) is 0 Å². The third-order valence-corrected chi connectivity index (χ3v) is 12.6. The Balaban J connectivity index is 0.00000274. The van der Waals surface area contributed by atoms with Crippen LogP contribution in [0.3, 0.4) is 0 Å². The summed E-state index contributed by atoms with van der Waals surface area (Å²) in [4.78, 5) is 25.9. The van der Waals surface area contributed by atoms with Crippen molar-refractivity contribution in [2.24, 2.45) is 50.7 Å². The molecule has 0 aromatic carbocycles. The molecule has 0 saturated heterocycles. The lowest BCUT2D eigenvalue weighted by molar-refractivity contribution is -0.313. The van der Waals surface area contributed by atoms with E-state index in [1.165, 1.54) is 5.57 Å². The van der Waals surface area contributed by atoms with Crippen molar-refractivity contribution in [2.45, 2.75) is 105 Å². The van der Waals surface area contributed by atoms with Crippen LogP contribution in [0.15, 0.2) is 11.6 Å². The summed E-state index contributed by atoms with van der Waals surface area (Å²) in [5, 5.41) is 22.6. The van der Waals surface area contributed by atoms with Gasteiger partial charge in [0.25, 0.3) is 0 Å². The number of quaternary nitrogens is 1. The monoisotopic (exact) mass is 473 g/mol. The Labute approximate surface area is 205 Å². The lowest BCUT2D eigenvalue weighted by atomic mass is 9.33. The van der Waals surface area contributed by atoms with Crippen molar-refractivity contribution in [1.29, 1.82) is 0 Å².